The number of benzene rings is 1. The fraction of sp³-hybridized carbons (Fsp3) is 0.556. The van der Waals surface area contributed by atoms with Crippen molar-refractivity contribution in [2.45, 2.75) is 49.9 Å². The molecule has 124 valence electrons. The molecule has 4 nitrogen and oxygen atoms in total. The number of imidazole rings is 1. The Hall–Kier alpha value is -1.33. The van der Waals surface area contributed by atoms with Crippen LogP contribution in [0.3, 0.4) is 0 Å². The highest BCUT2D eigenvalue weighted by Crippen LogP contribution is 2.35. The van der Waals surface area contributed by atoms with Crippen molar-refractivity contribution in [2.75, 3.05) is 19.6 Å². The highest BCUT2D eigenvalue weighted by atomic mass is 32.2. The molecule has 3 rings (SSSR count). The summed E-state index contributed by atoms with van der Waals surface area (Å²) in [5, 5.41) is 0.836. The second kappa shape index (κ2) is 7.49. The highest BCUT2D eigenvalue weighted by Gasteiger charge is 2.35. The van der Waals surface area contributed by atoms with Crippen LogP contribution in [0.5, 0.6) is 0 Å². The SMILES string of the molecule is CCCCN(CCCC)CC1Sc2nc3ccccc3n2C1=O. The van der Waals surface area contributed by atoms with E-state index in [1.165, 1.54) is 25.7 Å². The number of nitrogens with zero attached hydrogens (tertiary/aromatic N) is 3. The van der Waals surface area contributed by atoms with Gasteiger partial charge >= 0.3 is 0 Å². The molecule has 1 atom stereocenters. The standard InChI is InChI=1S/C18H25N3OS/c1-3-5-11-20(12-6-4-2)13-16-17(22)21-15-10-8-7-9-14(15)19-18(21)23-16/h7-10,16H,3-6,11-13H2,1-2H3. The first-order valence-corrected chi connectivity index (χ1v) is 9.53. The molecule has 5 heteroatoms. The summed E-state index contributed by atoms with van der Waals surface area (Å²) in [6.45, 7) is 7.44. The summed E-state index contributed by atoms with van der Waals surface area (Å²) < 4.78 is 1.81. The first kappa shape index (κ1) is 16.5. The van der Waals surface area contributed by atoms with Gasteiger partial charge in [-0.3, -0.25) is 9.36 Å². The van der Waals surface area contributed by atoms with Crippen LogP contribution >= 0.6 is 11.8 Å². The highest BCUT2D eigenvalue weighted by molar-refractivity contribution is 8.01. The monoisotopic (exact) mass is 331 g/mol. The average molecular weight is 331 g/mol. The molecule has 0 amide bonds. The molecule has 1 aliphatic heterocycles. The number of carbonyl (C=O) groups is 1. The van der Waals surface area contributed by atoms with Gasteiger partial charge in [0.05, 0.1) is 11.0 Å². The molecule has 0 spiro atoms. The van der Waals surface area contributed by atoms with Gasteiger partial charge in [0.15, 0.2) is 5.16 Å². The number of carbonyl (C=O) groups excluding carboxylic acids is 1. The Labute approximate surface area is 142 Å². The maximum Gasteiger partial charge on any atom is 0.248 e. The van der Waals surface area contributed by atoms with E-state index >= 15 is 0 Å². The predicted octanol–water partition coefficient (Wildman–Crippen LogP) is 4.05. The second-order valence-electron chi connectivity index (χ2n) is 6.17. The van der Waals surface area contributed by atoms with Crippen molar-refractivity contribution in [3.05, 3.63) is 24.3 Å². The van der Waals surface area contributed by atoms with Crippen molar-refractivity contribution >= 4 is 28.7 Å². The van der Waals surface area contributed by atoms with Crippen LogP contribution in [0.25, 0.3) is 11.0 Å². The van der Waals surface area contributed by atoms with E-state index in [9.17, 15) is 4.79 Å². The predicted molar refractivity (Wildman–Crippen MR) is 96.3 cm³/mol. The summed E-state index contributed by atoms with van der Waals surface area (Å²) in [6, 6.07) is 7.89. The number of hydrogen-bond acceptors (Lipinski definition) is 4. The number of thioether (sulfide) groups is 1. The normalized spacial score (nSPS) is 17.3. The molecule has 1 aromatic heterocycles. The lowest BCUT2D eigenvalue weighted by molar-refractivity contribution is 0.0897. The van der Waals surface area contributed by atoms with Crippen LogP contribution in [0.1, 0.15) is 44.3 Å². The minimum atomic E-state index is -0.0178. The lowest BCUT2D eigenvalue weighted by Crippen LogP contribution is -2.36. The summed E-state index contributed by atoms with van der Waals surface area (Å²) in [5.74, 6) is 0.191. The zero-order valence-corrected chi connectivity index (χ0v) is 14.8. The molecule has 2 aromatic rings. The maximum absolute atomic E-state index is 12.8. The van der Waals surface area contributed by atoms with Gasteiger partial charge in [0.1, 0.15) is 5.25 Å². The summed E-state index contributed by atoms with van der Waals surface area (Å²) in [5.41, 5.74) is 1.85. The Morgan fingerprint density at radius 2 is 1.87 bits per heavy atom. The van der Waals surface area contributed by atoms with E-state index in [4.69, 9.17) is 0 Å². The number of rotatable bonds is 8. The van der Waals surface area contributed by atoms with Gasteiger partial charge in [-0.15, -0.1) is 0 Å². The van der Waals surface area contributed by atoms with E-state index in [-0.39, 0.29) is 11.2 Å². The van der Waals surface area contributed by atoms with E-state index in [1.807, 2.05) is 28.8 Å². The molecule has 0 saturated carbocycles. The van der Waals surface area contributed by atoms with Crippen LogP contribution in [0.2, 0.25) is 0 Å². The van der Waals surface area contributed by atoms with Crippen molar-refractivity contribution in [2.24, 2.45) is 0 Å². The lowest BCUT2D eigenvalue weighted by Gasteiger charge is -2.24. The van der Waals surface area contributed by atoms with Crippen LogP contribution in [0.4, 0.5) is 0 Å². The van der Waals surface area contributed by atoms with Gasteiger partial charge in [-0.2, -0.15) is 0 Å². The number of fused-ring (bicyclic) bond motifs is 3. The van der Waals surface area contributed by atoms with Gasteiger partial charge in [-0.25, -0.2) is 4.98 Å². The third-order valence-electron chi connectivity index (χ3n) is 4.35. The molecule has 1 aliphatic rings. The minimum absolute atomic E-state index is 0.0178. The second-order valence-corrected chi connectivity index (χ2v) is 7.34. The van der Waals surface area contributed by atoms with Crippen LogP contribution in [0.15, 0.2) is 29.4 Å². The largest absolute Gasteiger partial charge is 0.302 e. The summed E-state index contributed by atoms with van der Waals surface area (Å²) in [6.07, 6.45) is 4.78. The van der Waals surface area contributed by atoms with Gasteiger partial charge in [0.25, 0.3) is 0 Å². The number of unbranched alkanes of at least 4 members (excludes halogenated alkanes) is 2. The third kappa shape index (κ3) is 3.45. The Kier molecular flexibility index (Phi) is 5.38. The smallest absolute Gasteiger partial charge is 0.248 e. The molecule has 0 fully saturated rings. The van der Waals surface area contributed by atoms with Crippen molar-refractivity contribution in [1.29, 1.82) is 0 Å². The van der Waals surface area contributed by atoms with Crippen LogP contribution in [0, 0.1) is 0 Å². The van der Waals surface area contributed by atoms with Gasteiger partial charge in [-0.1, -0.05) is 50.6 Å². The van der Waals surface area contributed by atoms with Crippen LogP contribution in [-0.4, -0.2) is 45.2 Å². The van der Waals surface area contributed by atoms with Crippen molar-refractivity contribution < 1.29 is 4.79 Å². The molecule has 2 heterocycles. The Bertz CT molecular complexity index is 674. The van der Waals surface area contributed by atoms with E-state index < -0.39 is 0 Å². The summed E-state index contributed by atoms with van der Waals surface area (Å²) in [7, 11) is 0. The topological polar surface area (TPSA) is 38.1 Å². The number of hydrogen-bond donors (Lipinski definition) is 0. The summed E-state index contributed by atoms with van der Waals surface area (Å²) in [4.78, 5) is 19.9. The van der Waals surface area contributed by atoms with E-state index in [1.54, 1.807) is 11.8 Å². The Morgan fingerprint density at radius 1 is 1.17 bits per heavy atom. The molecule has 1 unspecified atom stereocenters. The fourth-order valence-corrected chi connectivity index (χ4v) is 4.22. The van der Waals surface area contributed by atoms with E-state index in [0.717, 1.165) is 35.8 Å². The number of para-hydroxylation sites is 2. The zero-order chi connectivity index (χ0) is 16.2. The van der Waals surface area contributed by atoms with Crippen molar-refractivity contribution in [3.8, 4) is 0 Å². The van der Waals surface area contributed by atoms with Crippen LogP contribution < -0.4 is 0 Å². The molecule has 0 radical (unpaired) electrons. The number of aromatic nitrogens is 2. The Balaban J connectivity index is 1.72. The molecule has 23 heavy (non-hydrogen) atoms. The van der Waals surface area contributed by atoms with Gasteiger partial charge in [-0.05, 0) is 38.1 Å². The molecule has 1 aromatic carbocycles. The fourth-order valence-electron chi connectivity index (χ4n) is 3.03. The molecule has 0 saturated heterocycles. The van der Waals surface area contributed by atoms with Gasteiger partial charge in [0.2, 0.25) is 5.91 Å². The third-order valence-corrected chi connectivity index (χ3v) is 5.47. The lowest BCUT2D eigenvalue weighted by atomic mass is 10.2. The first-order chi connectivity index (χ1) is 11.2. The first-order valence-electron chi connectivity index (χ1n) is 8.65. The van der Waals surface area contributed by atoms with Gasteiger partial charge < -0.3 is 4.90 Å². The van der Waals surface area contributed by atoms with E-state index in [2.05, 4.69) is 23.7 Å². The maximum atomic E-state index is 12.8. The zero-order valence-electron chi connectivity index (χ0n) is 14.0. The van der Waals surface area contributed by atoms with Gasteiger partial charge in [0, 0.05) is 6.54 Å². The summed E-state index contributed by atoms with van der Waals surface area (Å²) >= 11 is 1.63. The van der Waals surface area contributed by atoms with Crippen molar-refractivity contribution in [1.82, 2.24) is 14.5 Å². The molecule has 0 bridgehead atoms. The van der Waals surface area contributed by atoms with Crippen LogP contribution in [-0.2, 0) is 0 Å². The minimum Gasteiger partial charge on any atom is -0.302 e. The molecular weight excluding hydrogens is 306 g/mol. The molecular formula is C18H25N3OS. The van der Waals surface area contributed by atoms with Crippen molar-refractivity contribution in [3.63, 3.8) is 0 Å². The Morgan fingerprint density at radius 3 is 2.57 bits per heavy atom. The molecule has 0 N–H and O–H groups in total. The van der Waals surface area contributed by atoms with E-state index in [0.29, 0.717) is 0 Å². The quantitative estimate of drug-likeness (QED) is 0.731. The molecule has 0 aliphatic carbocycles. The average Bonchev–Trinajstić information content (AvgIpc) is 3.07.